The molecule has 3 heterocycles. The fraction of sp³-hybridized carbons (Fsp3) is 0.292. The van der Waals surface area contributed by atoms with Crippen molar-refractivity contribution >= 4 is 11.0 Å². The molecule has 1 N–H and O–H groups in total. The number of hydrogen-bond acceptors (Lipinski definition) is 5. The van der Waals surface area contributed by atoms with E-state index in [0.29, 0.717) is 34.9 Å². The van der Waals surface area contributed by atoms with Crippen LogP contribution in [-0.4, -0.2) is 51.7 Å². The molecule has 0 unspecified atom stereocenters. The number of ether oxygens (including phenoxy) is 1. The molecule has 0 saturated carbocycles. The molecule has 0 aliphatic carbocycles. The van der Waals surface area contributed by atoms with Crippen LogP contribution < -0.4 is 5.56 Å². The highest BCUT2D eigenvalue weighted by atomic mass is 19.1. The van der Waals surface area contributed by atoms with Crippen LogP contribution in [-0.2, 0) is 17.7 Å². The first-order chi connectivity index (χ1) is 15.5. The molecule has 0 spiro atoms. The second-order valence-corrected chi connectivity index (χ2v) is 8.35. The molecule has 0 bridgehead atoms. The van der Waals surface area contributed by atoms with Gasteiger partial charge in [-0.05, 0) is 49.2 Å². The summed E-state index contributed by atoms with van der Waals surface area (Å²) in [7, 11) is 3.82. The summed E-state index contributed by atoms with van der Waals surface area (Å²) in [5.41, 5.74) is 5.46. The molecule has 1 aliphatic heterocycles. The Morgan fingerprint density at radius 3 is 2.84 bits per heavy atom. The average Bonchev–Trinajstić information content (AvgIpc) is 3.16. The van der Waals surface area contributed by atoms with Crippen LogP contribution in [0, 0.1) is 12.7 Å². The number of aromatic nitrogens is 4. The molecular weight excluding hydrogens is 409 g/mol. The van der Waals surface area contributed by atoms with Gasteiger partial charge in [0, 0.05) is 31.3 Å². The predicted molar refractivity (Wildman–Crippen MR) is 120 cm³/mol. The van der Waals surface area contributed by atoms with Crippen molar-refractivity contribution in [3.05, 3.63) is 75.3 Å². The second-order valence-electron chi connectivity index (χ2n) is 8.35. The highest BCUT2D eigenvalue weighted by Gasteiger charge is 2.24. The highest BCUT2D eigenvalue weighted by Crippen LogP contribution is 2.30. The number of likely N-dealkylation sites (N-methyl/N-ethyl adjacent to an activating group) is 1. The van der Waals surface area contributed by atoms with Gasteiger partial charge in [0.2, 0.25) is 0 Å². The number of methoxy groups -OCH3 is 1. The number of halogens is 1. The van der Waals surface area contributed by atoms with E-state index < -0.39 is 11.4 Å². The summed E-state index contributed by atoms with van der Waals surface area (Å²) in [6.07, 6.45) is 0.922. The van der Waals surface area contributed by atoms with Gasteiger partial charge in [-0.25, -0.2) is 4.39 Å². The number of rotatable bonds is 4. The number of H-pyrrole nitrogens is 1. The minimum absolute atomic E-state index is 0.155. The fourth-order valence-corrected chi connectivity index (χ4v) is 4.44. The van der Waals surface area contributed by atoms with E-state index in [1.54, 1.807) is 26.2 Å². The van der Waals surface area contributed by atoms with Gasteiger partial charge in [-0.3, -0.25) is 14.8 Å². The zero-order valence-electron chi connectivity index (χ0n) is 18.2. The van der Waals surface area contributed by atoms with Crippen LogP contribution in [0.3, 0.4) is 0 Å². The van der Waals surface area contributed by atoms with E-state index in [4.69, 9.17) is 4.74 Å². The third-order valence-electron chi connectivity index (χ3n) is 6.18. The molecule has 1 atom stereocenters. The molecule has 7 nitrogen and oxygen atoms in total. The first-order valence-corrected chi connectivity index (χ1v) is 10.5. The van der Waals surface area contributed by atoms with E-state index in [1.807, 2.05) is 6.07 Å². The number of nitrogens with zero attached hydrogens (tertiary/aromatic N) is 4. The van der Waals surface area contributed by atoms with Gasteiger partial charge in [0.15, 0.2) is 0 Å². The van der Waals surface area contributed by atoms with Crippen molar-refractivity contribution in [1.82, 2.24) is 24.9 Å². The predicted octanol–water partition coefficient (Wildman–Crippen LogP) is 3.23. The molecule has 0 fully saturated rings. The molecule has 2 aromatic heterocycles. The third kappa shape index (κ3) is 3.41. The van der Waals surface area contributed by atoms with Crippen LogP contribution >= 0.6 is 0 Å². The monoisotopic (exact) mass is 433 g/mol. The lowest BCUT2D eigenvalue weighted by atomic mass is 9.92. The fourth-order valence-electron chi connectivity index (χ4n) is 4.44. The largest absolute Gasteiger partial charge is 0.383 e. The Balaban J connectivity index is 1.61. The lowest BCUT2D eigenvalue weighted by Gasteiger charge is -2.33. The number of nitrogens with one attached hydrogen (secondary N) is 1. The van der Waals surface area contributed by atoms with Crippen LogP contribution in [0.25, 0.3) is 28.0 Å². The van der Waals surface area contributed by atoms with Gasteiger partial charge in [0.1, 0.15) is 22.7 Å². The van der Waals surface area contributed by atoms with Gasteiger partial charge < -0.3 is 4.74 Å². The molecule has 5 rings (SSSR count). The number of benzene rings is 2. The standard InChI is InChI=1S/C24H24FN5O2/c1-14-5-4-6-19(25)24(14)30-21(31)11-20-23(28-30)22(27-26-20)16-8-7-15-10-18(13-32-3)29(2)12-17(15)9-16/h4-9,11,18,26H,10,12-13H2,1-3H3/t18-/m0/s1. The van der Waals surface area contributed by atoms with Crippen LogP contribution in [0.1, 0.15) is 16.7 Å². The van der Waals surface area contributed by atoms with E-state index in [1.165, 1.54) is 23.3 Å². The Morgan fingerprint density at radius 2 is 2.06 bits per heavy atom. The molecule has 0 saturated heterocycles. The molecule has 32 heavy (non-hydrogen) atoms. The smallest absolute Gasteiger partial charge is 0.273 e. The van der Waals surface area contributed by atoms with Crippen LogP contribution in [0.5, 0.6) is 0 Å². The second kappa shape index (κ2) is 7.96. The Bertz CT molecular complexity index is 1360. The lowest BCUT2D eigenvalue weighted by molar-refractivity contribution is 0.0953. The molecule has 0 amide bonds. The molecular formula is C24H24FN5O2. The molecule has 4 aromatic rings. The summed E-state index contributed by atoms with van der Waals surface area (Å²) in [5, 5.41) is 11.8. The molecule has 8 heteroatoms. The summed E-state index contributed by atoms with van der Waals surface area (Å²) in [6, 6.07) is 12.7. The van der Waals surface area contributed by atoms with Crippen molar-refractivity contribution in [3.63, 3.8) is 0 Å². The molecule has 164 valence electrons. The Labute approximate surface area is 184 Å². The first kappa shape index (κ1) is 20.5. The normalized spacial score (nSPS) is 16.4. The van der Waals surface area contributed by atoms with Crippen LogP contribution in [0.2, 0.25) is 0 Å². The maximum absolute atomic E-state index is 14.5. The van der Waals surface area contributed by atoms with Crippen molar-refractivity contribution in [1.29, 1.82) is 0 Å². The average molecular weight is 433 g/mol. The summed E-state index contributed by atoms with van der Waals surface area (Å²) in [6.45, 7) is 3.26. The Morgan fingerprint density at radius 1 is 1.22 bits per heavy atom. The Hall–Kier alpha value is -3.36. The number of hydrogen-bond donors (Lipinski definition) is 1. The van der Waals surface area contributed by atoms with Crippen molar-refractivity contribution in [2.24, 2.45) is 0 Å². The third-order valence-corrected chi connectivity index (χ3v) is 6.18. The van der Waals surface area contributed by atoms with E-state index in [-0.39, 0.29) is 5.69 Å². The van der Waals surface area contributed by atoms with Crippen LogP contribution in [0.15, 0.2) is 47.3 Å². The number of aromatic amines is 1. The van der Waals surface area contributed by atoms with Crippen molar-refractivity contribution in [3.8, 4) is 16.9 Å². The number of para-hydroxylation sites is 1. The zero-order valence-corrected chi connectivity index (χ0v) is 18.2. The summed E-state index contributed by atoms with van der Waals surface area (Å²) >= 11 is 0. The van der Waals surface area contributed by atoms with Crippen LogP contribution in [0.4, 0.5) is 4.39 Å². The minimum Gasteiger partial charge on any atom is -0.383 e. The molecule has 2 aromatic carbocycles. The van der Waals surface area contributed by atoms with E-state index in [9.17, 15) is 9.18 Å². The van der Waals surface area contributed by atoms with Gasteiger partial charge >= 0.3 is 0 Å². The topological polar surface area (TPSA) is 76.0 Å². The zero-order chi connectivity index (χ0) is 22.4. The van der Waals surface area contributed by atoms with E-state index >= 15 is 0 Å². The van der Waals surface area contributed by atoms with E-state index in [2.05, 4.69) is 39.4 Å². The van der Waals surface area contributed by atoms with Crippen molar-refractivity contribution in [2.45, 2.75) is 25.9 Å². The number of fused-ring (bicyclic) bond motifs is 2. The van der Waals surface area contributed by atoms with Gasteiger partial charge in [-0.15, -0.1) is 0 Å². The highest BCUT2D eigenvalue weighted by molar-refractivity contribution is 5.89. The van der Waals surface area contributed by atoms with Crippen molar-refractivity contribution < 1.29 is 9.13 Å². The number of aryl methyl sites for hydroxylation is 1. The maximum atomic E-state index is 14.5. The Kier molecular flexibility index (Phi) is 5.11. The first-order valence-electron chi connectivity index (χ1n) is 10.5. The van der Waals surface area contributed by atoms with Gasteiger partial charge in [-0.1, -0.05) is 24.3 Å². The maximum Gasteiger partial charge on any atom is 0.273 e. The van der Waals surface area contributed by atoms with Crippen molar-refractivity contribution in [2.75, 3.05) is 20.8 Å². The van der Waals surface area contributed by atoms with E-state index in [0.717, 1.165) is 23.2 Å². The molecule has 1 aliphatic rings. The summed E-state index contributed by atoms with van der Waals surface area (Å²) in [4.78, 5) is 15.0. The SMILES string of the molecule is COC[C@@H]1Cc2ccc(-c3n[nH]c4cc(=O)n(-c5c(C)cccc5F)nc34)cc2CN1C. The van der Waals surface area contributed by atoms with Gasteiger partial charge in [-0.2, -0.15) is 14.9 Å². The summed E-state index contributed by atoms with van der Waals surface area (Å²) in [5.74, 6) is -0.494. The molecule has 0 radical (unpaired) electrons. The summed E-state index contributed by atoms with van der Waals surface area (Å²) < 4.78 is 21.0. The minimum atomic E-state index is -0.494. The quantitative estimate of drug-likeness (QED) is 0.535. The lowest BCUT2D eigenvalue weighted by Crippen LogP contribution is -2.40. The van der Waals surface area contributed by atoms with Gasteiger partial charge in [0.25, 0.3) is 5.56 Å². The van der Waals surface area contributed by atoms with Gasteiger partial charge in [0.05, 0.1) is 12.1 Å².